The highest BCUT2D eigenvalue weighted by Gasteiger charge is 2.28. The standard InChI is InChI=1S/C20H29N5O/c1-20(2,3)18-9-10-19(26)25(23-18)12-14-6-5-11-24(14)13-17-15-7-4-8-16(15)21-22-17/h9-10,14H,4-8,11-13H2,1-3H3,(H,21,22). The topological polar surface area (TPSA) is 66.8 Å². The van der Waals surface area contributed by atoms with Gasteiger partial charge in [0.1, 0.15) is 0 Å². The van der Waals surface area contributed by atoms with Crippen molar-refractivity contribution in [1.29, 1.82) is 0 Å². The molecule has 6 nitrogen and oxygen atoms in total. The lowest BCUT2D eigenvalue weighted by molar-refractivity contribution is 0.213. The minimum Gasteiger partial charge on any atom is -0.293 e. The van der Waals surface area contributed by atoms with Crippen molar-refractivity contribution in [2.45, 2.75) is 77.4 Å². The number of nitrogens with one attached hydrogen (secondary N) is 1. The Bertz CT molecular complexity index is 845. The Hall–Kier alpha value is -1.95. The summed E-state index contributed by atoms with van der Waals surface area (Å²) in [7, 11) is 0. The number of nitrogens with zero attached hydrogens (tertiary/aromatic N) is 4. The predicted octanol–water partition coefficient (Wildman–Crippen LogP) is 2.42. The quantitative estimate of drug-likeness (QED) is 0.915. The van der Waals surface area contributed by atoms with Crippen LogP contribution in [0.4, 0.5) is 0 Å². The molecule has 0 bridgehead atoms. The van der Waals surface area contributed by atoms with Crippen LogP contribution in [-0.2, 0) is 31.3 Å². The Kier molecular flexibility index (Phi) is 4.47. The van der Waals surface area contributed by atoms with Crippen molar-refractivity contribution in [2.24, 2.45) is 0 Å². The first-order valence-corrected chi connectivity index (χ1v) is 9.79. The van der Waals surface area contributed by atoms with Gasteiger partial charge in [-0.1, -0.05) is 20.8 Å². The van der Waals surface area contributed by atoms with Crippen LogP contribution in [0.2, 0.25) is 0 Å². The largest absolute Gasteiger partial charge is 0.293 e. The molecule has 1 atom stereocenters. The van der Waals surface area contributed by atoms with Crippen LogP contribution >= 0.6 is 0 Å². The van der Waals surface area contributed by atoms with Crippen molar-refractivity contribution in [3.63, 3.8) is 0 Å². The molecule has 26 heavy (non-hydrogen) atoms. The third-order valence-corrected chi connectivity index (χ3v) is 5.76. The Labute approximate surface area is 154 Å². The van der Waals surface area contributed by atoms with E-state index in [1.54, 1.807) is 10.7 Å². The predicted molar refractivity (Wildman–Crippen MR) is 101 cm³/mol. The summed E-state index contributed by atoms with van der Waals surface area (Å²) in [4.78, 5) is 14.8. The van der Waals surface area contributed by atoms with Gasteiger partial charge in [-0.25, -0.2) is 4.68 Å². The SMILES string of the molecule is CC(C)(C)c1ccc(=O)n(CC2CCCN2Cc2n[nH]c3c2CCC3)n1. The van der Waals surface area contributed by atoms with Gasteiger partial charge in [-0.15, -0.1) is 0 Å². The van der Waals surface area contributed by atoms with Gasteiger partial charge >= 0.3 is 0 Å². The number of likely N-dealkylation sites (tertiary alicyclic amines) is 1. The summed E-state index contributed by atoms with van der Waals surface area (Å²) in [5, 5.41) is 12.4. The molecular formula is C20H29N5O. The number of aromatic amines is 1. The van der Waals surface area contributed by atoms with Crippen LogP contribution in [0.1, 0.15) is 62.7 Å². The average molecular weight is 355 g/mol. The molecule has 1 saturated heterocycles. The van der Waals surface area contributed by atoms with E-state index in [1.807, 2.05) is 6.07 Å². The second-order valence-electron chi connectivity index (χ2n) is 8.74. The van der Waals surface area contributed by atoms with Crippen LogP contribution in [0.5, 0.6) is 0 Å². The minimum atomic E-state index is -0.0551. The van der Waals surface area contributed by atoms with Gasteiger partial charge in [0.15, 0.2) is 0 Å². The fourth-order valence-electron chi connectivity index (χ4n) is 4.20. The molecule has 1 fully saturated rings. The van der Waals surface area contributed by atoms with Gasteiger partial charge in [-0.3, -0.25) is 14.8 Å². The summed E-state index contributed by atoms with van der Waals surface area (Å²) in [6, 6.07) is 3.87. The second-order valence-corrected chi connectivity index (χ2v) is 8.74. The van der Waals surface area contributed by atoms with E-state index in [9.17, 15) is 4.79 Å². The molecule has 0 radical (unpaired) electrons. The van der Waals surface area contributed by atoms with E-state index in [0.717, 1.165) is 38.0 Å². The number of rotatable bonds is 4. The molecule has 0 aromatic carbocycles. The summed E-state index contributed by atoms with van der Waals surface area (Å²) >= 11 is 0. The summed E-state index contributed by atoms with van der Waals surface area (Å²) in [5.74, 6) is 0. The maximum atomic E-state index is 12.3. The zero-order valence-electron chi connectivity index (χ0n) is 16.1. The summed E-state index contributed by atoms with van der Waals surface area (Å²) in [6.45, 7) is 9.00. The first-order valence-electron chi connectivity index (χ1n) is 9.79. The molecule has 4 rings (SSSR count). The molecule has 1 unspecified atom stereocenters. The van der Waals surface area contributed by atoms with Gasteiger partial charge in [0.05, 0.1) is 17.9 Å². The summed E-state index contributed by atoms with van der Waals surface area (Å²) in [6.07, 6.45) is 5.80. The van der Waals surface area contributed by atoms with Crippen molar-refractivity contribution in [2.75, 3.05) is 6.54 Å². The molecule has 1 N–H and O–H groups in total. The van der Waals surface area contributed by atoms with Crippen molar-refractivity contribution >= 4 is 0 Å². The highest BCUT2D eigenvalue weighted by Crippen LogP contribution is 2.27. The molecule has 0 amide bonds. The third kappa shape index (κ3) is 3.34. The Morgan fingerprint density at radius 3 is 2.88 bits per heavy atom. The molecule has 1 aliphatic heterocycles. The maximum Gasteiger partial charge on any atom is 0.266 e. The van der Waals surface area contributed by atoms with Crippen molar-refractivity contribution < 1.29 is 0 Å². The van der Waals surface area contributed by atoms with Crippen LogP contribution < -0.4 is 5.56 Å². The number of fused-ring (bicyclic) bond motifs is 1. The first-order chi connectivity index (χ1) is 12.4. The number of H-pyrrole nitrogens is 1. The molecule has 2 aromatic heterocycles. The summed E-state index contributed by atoms with van der Waals surface area (Å²) in [5.41, 5.74) is 4.86. The molecule has 0 saturated carbocycles. The van der Waals surface area contributed by atoms with Crippen molar-refractivity contribution in [1.82, 2.24) is 24.9 Å². The third-order valence-electron chi connectivity index (χ3n) is 5.76. The molecule has 0 spiro atoms. The molecule has 6 heteroatoms. The van der Waals surface area contributed by atoms with E-state index in [4.69, 9.17) is 0 Å². The van der Waals surface area contributed by atoms with Crippen molar-refractivity contribution in [3.8, 4) is 0 Å². The van der Waals surface area contributed by atoms with Crippen LogP contribution in [0.3, 0.4) is 0 Å². The lowest BCUT2D eigenvalue weighted by atomic mass is 9.92. The number of hydrogen-bond donors (Lipinski definition) is 1. The highest BCUT2D eigenvalue weighted by molar-refractivity contribution is 5.29. The molecule has 1 aliphatic carbocycles. The lowest BCUT2D eigenvalue weighted by Crippen LogP contribution is -2.37. The van der Waals surface area contributed by atoms with Crippen LogP contribution in [-0.4, -0.2) is 37.5 Å². The Balaban J connectivity index is 1.51. The average Bonchev–Trinajstić information content (AvgIpc) is 3.28. The fraction of sp³-hybridized carbons (Fsp3) is 0.650. The van der Waals surface area contributed by atoms with E-state index in [2.05, 4.69) is 41.0 Å². The van der Waals surface area contributed by atoms with E-state index in [0.29, 0.717) is 12.6 Å². The van der Waals surface area contributed by atoms with Gasteiger partial charge in [0.2, 0.25) is 0 Å². The van der Waals surface area contributed by atoms with Gasteiger partial charge < -0.3 is 0 Å². The second kappa shape index (κ2) is 6.65. The first kappa shape index (κ1) is 17.5. The smallest absolute Gasteiger partial charge is 0.266 e. The molecule has 140 valence electrons. The monoisotopic (exact) mass is 355 g/mol. The number of aromatic nitrogens is 4. The van der Waals surface area contributed by atoms with Crippen LogP contribution in [0.15, 0.2) is 16.9 Å². The molecule has 2 aliphatic rings. The van der Waals surface area contributed by atoms with Gasteiger partial charge in [-0.05, 0) is 50.3 Å². The van der Waals surface area contributed by atoms with Crippen LogP contribution in [0, 0.1) is 0 Å². The normalized spacial score (nSPS) is 20.7. The summed E-state index contributed by atoms with van der Waals surface area (Å²) < 4.78 is 1.67. The Morgan fingerprint density at radius 2 is 2.08 bits per heavy atom. The number of hydrogen-bond acceptors (Lipinski definition) is 4. The van der Waals surface area contributed by atoms with Gasteiger partial charge in [0, 0.05) is 29.8 Å². The zero-order valence-corrected chi connectivity index (χ0v) is 16.1. The van der Waals surface area contributed by atoms with E-state index < -0.39 is 0 Å². The molecule has 3 heterocycles. The molecular weight excluding hydrogens is 326 g/mol. The van der Waals surface area contributed by atoms with E-state index in [-0.39, 0.29) is 11.0 Å². The maximum absolute atomic E-state index is 12.3. The highest BCUT2D eigenvalue weighted by atomic mass is 16.1. The fourth-order valence-corrected chi connectivity index (χ4v) is 4.20. The van der Waals surface area contributed by atoms with Gasteiger partial charge in [0.25, 0.3) is 5.56 Å². The van der Waals surface area contributed by atoms with E-state index in [1.165, 1.54) is 29.8 Å². The van der Waals surface area contributed by atoms with Gasteiger partial charge in [-0.2, -0.15) is 10.2 Å². The zero-order chi connectivity index (χ0) is 18.3. The van der Waals surface area contributed by atoms with E-state index >= 15 is 0 Å². The minimum absolute atomic E-state index is 0.00879. The van der Waals surface area contributed by atoms with Crippen molar-refractivity contribution in [3.05, 3.63) is 45.1 Å². The lowest BCUT2D eigenvalue weighted by Gasteiger charge is -2.25. The Morgan fingerprint density at radius 1 is 1.23 bits per heavy atom. The number of aryl methyl sites for hydroxylation is 1. The molecule has 2 aromatic rings. The van der Waals surface area contributed by atoms with Crippen LogP contribution in [0.25, 0.3) is 0 Å².